The molecule has 0 unspecified atom stereocenters. The molecule has 0 saturated carbocycles. The third-order valence-corrected chi connectivity index (χ3v) is 5.59. The zero-order valence-corrected chi connectivity index (χ0v) is 19.2. The highest BCUT2D eigenvalue weighted by molar-refractivity contribution is 6.02. The molecule has 9 nitrogen and oxygen atoms in total. The molecule has 2 heterocycles. The molecular formula is C25H27N3O6. The fraction of sp³-hybridized carbons (Fsp3) is 0.360. The van der Waals surface area contributed by atoms with E-state index in [-0.39, 0.29) is 24.6 Å². The Bertz CT molecular complexity index is 1270. The van der Waals surface area contributed by atoms with Gasteiger partial charge in [-0.3, -0.25) is 9.59 Å². The van der Waals surface area contributed by atoms with E-state index in [4.69, 9.17) is 14.2 Å². The summed E-state index contributed by atoms with van der Waals surface area (Å²) in [7, 11) is 0. The SMILES string of the molecule is CCCCCn1nc(C(=O)O[C@H](C)C(=O)NCc2ccc3c(c2)OCO3)c2ccccc2c1=O. The smallest absolute Gasteiger partial charge is 0.360 e. The van der Waals surface area contributed by atoms with Crippen LogP contribution in [-0.2, 0) is 22.6 Å². The van der Waals surface area contributed by atoms with Crippen LogP contribution in [0.4, 0.5) is 0 Å². The van der Waals surface area contributed by atoms with E-state index < -0.39 is 18.0 Å². The van der Waals surface area contributed by atoms with E-state index in [1.54, 1.807) is 36.4 Å². The van der Waals surface area contributed by atoms with Gasteiger partial charge in [-0.1, -0.05) is 44.0 Å². The minimum atomic E-state index is -1.05. The van der Waals surface area contributed by atoms with E-state index in [2.05, 4.69) is 17.3 Å². The summed E-state index contributed by atoms with van der Waals surface area (Å²) in [6.45, 7) is 4.38. The number of carbonyl (C=O) groups is 2. The summed E-state index contributed by atoms with van der Waals surface area (Å²) in [4.78, 5) is 38.3. The van der Waals surface area contributed by atoms with Gasteiger partial charge in [-0.05, 0) is 37.1 Å². The highest BCUT2D eigenvalue weighted by Crippen LogP contribution is 2.32. The number of ether oxygens (including phenoxy) is 3. The van der Waals surface area contributed by atoms with E-state index in [1.165, 1.54) is 11.6 Å². The second-order valence-corrected chi connectivity index (χ2v) is 8.08. The number of hydrogen-bond donors (Lipinski definition) is 1. The number of carbonyl (C=O) groups excluding carboxylic acids is 2. The van der Waals surface area contributed by atoms with Crippen molar-refractivity contribution in [2.24, 2.45) is 0 Å². The molecule has 0 radical (unpaired) electrons. The number of unbranched alkanes of at least 4 members (excludes halogenated alkanes) is 2. The fourth-order valence-corrected chi connectivity index (χ4v) is 3.70. The van der Waals surface area contributed by atoms with Gasteiger partial charge in [0.25, 0.3) is 11.5 Å². The number of fused-ring (bicyclic) bond motifs is 2. The van der Waals surface area contributed by atoms with Crippen LogP contribution in [0.1, 0.15) is 49.2 Å². The van der Waals surface area contributed by atoms with E-state index in [9.17, 15) is 14.4 Å². The molecule has 1 amide bonds. The fourth-order valence-electron chi connectivity index (χ4n) is 3.70. The lowest BCUT2D eigenvalue weighted by molar-refractivity contribution is -0.129. The average molecular weight is 466 g/mol. The Balaban J connectivity index is 1.45. The molecular weight excluding hydrogens is 438 g/mol. The molecule has 9 heteroatoms. The topological polar surface area (TPSA) is 109 Å². The normalized spacial score (nSPS) is 13.0. The van der Waals surface area contributed by atoms with Crippen LogP contribution in [-0.4, -0.2) is 34.6 Å². The molecule has 1 aliphatic rings. The van der Waals surface area contributed by atoms with Gasteiger partial charge < -0.3 is 19.5 Å². The van der Waals surface area contributed by atoms with E-state index in [0.717, 1.165) is 24.8 Å². The van der Waals surface area contributed by atoms with Crippen molar-refractivity contribution < 1.29 is 23.8 Å². The van der Waals surface area contributed by atoms with E-state index in [1.807, 2.05) is 6.07 Å². The Morgan fingerprint density at radius 3 is 2.68 bits per heavy atom. The summed E-state index contributed by atoms with van der Waals surface area (Å²) in [5.41, 5.74) is 0.586. The van der Waals surface area contributed by atoms with Crippen molar-refractivity contribution in [2.75, 3.05) is 6.79 Å². The van der Waals surface area contributed by atoms with Gasteiger partial charge in [-0.25, -0.2) is 9.48 Å². The second-order valence-electron chi connectivity index (χ2n) is 8.08. The number of esters is 1. The number of nitrogens with zero attached hydrogens (tertiary/aromatic N) is 2. The van der Waals surface area contributed by atoms with Gasteiger partial charge in [0.2, 0.25) is 6.79 Å². The van der Waals surface area contributed by atoms with Gasteiger partial charge in [-0.15, -0.1) is 0 Å². The third kappa shape index (κ3) is 5.03. The molecule has 1 N–H and O–H groups in total. The number of benzene rings is 2. The van der Waals surface area contributed by atoms with Gasteiger partial charge in [0, 0.05) is 18.5 Å². The third-order valence-electron chi connectivity index (χ3n) is 5.59. The zero-order valence-electron chi connectivity index (χ0n) is 19.2. The standard InChI is InChI=1S/C25H27N3O6/c1-3-4-7-12-28-24(30)19-9-6-5-8-18(19)22(27-28)25(31)34-16(2)23(29)26-14-17-10-11-20-21(13-17)33-15-32-20/h5-6,8-11,13,16H,3-4,7,12,14-15H2,1-2H3,(H,26,29)/t16-/m1/s1. The first-order valence-electron chi connectivity index (χ1n) is 11.3. The molecule has 3 aromatic rings. The lowest BCUT2D eigenvalue weighted by atomic mass is 10.1. The molecule has 0 saturated heterocycles. The Kier molecular flexibility index (Phi) is 7.10. The lowest BCUT2D eigenvalue weighted by Crippen LogP contribution is -2.36. The summed E-state index contributed by atoms with van der Waals surface area (Å²) in [6.07, 6.45) is 1.66. The molecule has 1 aromatic heterocycles. The minimum absolute atomic E-state index is 0.0159. The highest BCUT2D eigenvalue weighted by Gasteiger charge is 2.23. The molecule has 4 rings (SSSR count). The van der Waals surface area contributed by atoms with Crippen molar-refractivity contribution in [1.29, 1.82) is 0 Å². The predicted octanol–water partition coefficient (Wildman–Crippen LogP) is 3.18. The Morgan fingerprint density at radius 1 is 1.12 bits per heavy atom. The lowest BCUT2D eigenvalue weighted by Gasteiger charge is -2.15. The monoisotopic (exact) mass is 465 g/mol. The first-order chi connectivity index (χ1) is 16.5. The number of aromatic nitrogens is 2. The molecule has 0 bridgehead atoms. The molecule has 2 aromatic carbocycles. The summed E-state index contributed by atoms with van der Waals surface area (Å²) in [6, 6.07) is 12.2. The molecule has 0 spiro atoms. The van der Waals surface area contributed by atoms with Gasteiger partial charge in [-0.2, -0.15) is 5.10 Å². The Hall–Kier alpha value is -3.88. The maximum absolute atomic E-state index is 13.0. The summed E-state index contributed by atoms with van der Waals surface area (Å²) >= 11 is 0. The number of amides is 1. The first-order valence-corrected chi connectivity index (χ1v) is 11.3. The van der Waals surface area contributed by atoms with Crippen LogP contribution in [0.5, 0.6) is 11.5 Å². The largest absolute Gasteiger partial charge is 0.454 e. The number of hydrogen-bond acceptors (Lipinski definition) is 7. The maximum Gasteiger partial charge on any atom is 0.360 e. The van der Waals surface area contributed by atoms with E-state index in [0.29, 0.717) is 28.8 Å². The van der Waals surface area contributed by atoms with Crippen molar-refractivity contribution >= 4 is 22.6 Å². The first kappa shape index (κ1) is 23.3. The summed E-state index contributed by atoms with van der Waals surface area (Å²) < 4.78 is 17.3. The van der Waals surface area contributed by atoms with Crippen molar-refractivity contribution in [3.63, 3.8) is 0 Å². The molecule has 0 aliphatic carbocycles. The van der Waals surface area contributed by atoms with Crippen LogP contribution in [0.2, 0.25) is 0 Å². The number of nitrogens with one attached hydrogen (secondary N) is 1. The molecule has 1 aliphatic heterocycles. The highest BCUT2D eigenvalue weighted by atomic mass is 16.7. The molecule has 1 atom stereocenters. The van der Waals surface area contributed by atoms with Crippen LogP contribution in [0.15, 0.2) is 47.3 Å². The van der Waals surface area contributed by atoms with Crippen LogP contribution >= 0.6 is 0 Å². The van der Waals surface area contributed by atoms with Crippen LogP contribution in [0.3, 0.4) is 0 Å². The van der Waals surface area contributed by atoms with Crippen molar-refractivity contribution in [2.45, 2.75) is 52.3 Å². The Morgan fingerprint density at radius 2 is 1.88 bits per heavy atom. The van der Waals surface area contributed by atoms with Crippen molar-refractivity contribution in [3.05, 3.63) is 64.1 Å². The van der Waals surface area contributed by atoms with E-state index >= 15 is 0 Å². The predicted molar refractivity (Wildman–Crippen MR) is 125 cm³/mol. The number of rotatable bonds is 9. The summed E-state index contributed by atoms with van der Waals surface area (Å²) in [5.74, 6) is 0.0733. The van der Waals surface area contributed by atoms with Gasteiger partial charge in [0.15, 0.2) is 23.3 Å². The van der Waals surface area contributed by atoms with Crippen LogP contribution < -0.4 is 20.3 Å². The summed E-state index contributed by atoms with van der Waals surface area (Å²) in [5, 5.41) is 7.82. The maximum atomic E-state index is 13.0. The minimum Gasteiger partial charge on any atom is -0.454 e. The van der Waals surface area contributed by atoms with Crippen molar-refractivity contribution in [1.82, 2.24) is 15.1 Å². The van der Waals surface area contributed by atoms with Crippen LogP contribution in [0, 0.1) is 0 Å². The Labute approximate surface area is 196 Å². The zero-order chi connectivity index (χ0) is 24.1. The molecule has 34 heavy (non-hydrogen) atoms. The van der Waals surface area contributed by atoms with Crippen LogP contribution in [0.25, 0.3) is 10.8 Å². The number of aryl methyl sites for hydroxylation is 1. The molecule has 178 valence electrons. The van der Waals surface area contributed by atoms with Crippen molar-refractivity contribution in [3.8, 4) is 11.5 Å². The molecule has 0 fully saturated rings. The van der Waals surface area contributed by atoms with Gasteiger partial charge in [0.1, 0.15) is 0 Å². The van der Waals surface area contributed by atoms with Gasteiger partial charge in [0.05, 0.1) is 5.39 Å². The van der Waals surface area contributed by atoms with Gasteiger partial charge >= 0.3 is 5.97 Å². The quantitative estimate of drug-likeness (QED) is 0.382. The average Bonchev–Trinajstić information content (AvgIpc) is 3.32. The second kappa shape index (κ2) is 10.4.